The summed E-state index contributed by atoms with van der Waals surface area (Å²) in [5, 5.41) is 0.860. The molecule has 0 saturated carbocycles. The van der Waals surface area contributed by atoms with Crippen molar-refractivity contribution in [3.63, 3.8) is 0 Å². The first-order chi connectivity index (χ1) is 22.0. The quantitative estimate of drug-likeness (QED) is 0.0792. The van der Waals surface area contributed by atoms with Crippen LogP contribution in [0.1, 0.15) is 66.1 Å². The maximum atomic E-state index is 13.1. The number of allylic oxidation sites excluding steroid dienone is 1. The highest BCUT2D eigenvalue weighted by molar-refractivity contribution is 7.80. The van der Waals surface area contributed by atoms with E-state index in [1.165, 1.54) is 66.4 Å². The molecular formula is C35H45N3O7S. The summed E-state index contributed by atoms with van der Waals surface area (Å²) in [5.41, 5.74) is 6.06. The SMILES string of the molecule is CCN(CC[N+]1(C)CCCCC1)c1ccc(C=CC(=O)c2cc3cc4c5c(c3oc2=O)CCCN5CCC4)cc1.COS(=O)(=O)[O-]. The van der Waals surface area contributed by atoms with Crippen molar-refractivity contribution in [2.75, 3.05) is 69.8 Å². The van der Waals surface area contributed by atoms with Gasteiger partial charge in [0.2, 0.25) is 10.4 Å². The summed E-state index contributed by atoms with van der Waals surface area (Å²) in [5.74, 6) is -0.318. The molecule has 3 aliphatic rings. The van der Waals surface area contributed by atoms with Gasteiger partial charge in [-0.2, -0.15) is 0 Å². The van der Waals surface area contributed by atoms with E-state index in [2.05, 4.69) is 46.2 Å². The lowest BCUT2D eigenvalue weighted by molar-refractivity contribution is -0.912. The van der Waals surface area contributed by atoms with E-state index in [0.717, 1.165) is 75.5 Å². The Balaban J connectivity index is 0.000000635. The lowest BCUT2D eigenvalue weighted by atomic mass is 9.90. The molecule has 0 spiro atoms. The molecular weight excluding hydrogens is 606 g/mol. The van der Waals surface area contributed by atoms with Crippen LogP contribution in [0.2, 0.25) is 0 Å². The third-order valence-corrected chi connectivity index (χ3v) is 9.97. The van der Waals surface area contributed by atoms with Crippen molar-refractivity contribution < 1.29 is 30.8 Å². The van der Waals surface area contributed by atoms with Crippen LogP contribution in [0.25, 0.3) is 17.0 Å². The van der Waals surface area contributed by atoms with Gasteiger partial charge >= 0.3 is 5.63 Å². The Hall–Kier alpha value is -3.51. The molecule has 0 atom stereocenters. The zero-order valence-corrected chi connectivity index (χ0v) is 27.9. The summed E-state index contributed by atoms with van der Waals surface area (Å²) in [6.07, 6.45) is 11.5. The molecule has 2 aromatic carbocycles. The smallest absolute Gasteiger partial charge is 0.347 e. The number of carbonyl (C=O) groups is 1. The largest absolute Gasteiger partial charge is 0.726 e. The molecule has 0 radical (unpaired) electrons. The first-order valence-corrected chi connectivity index (χ1v) is 17.6. The molecule has 3 aliphatic heterocycles. The molecule has 10 nitrogen and oxygen atoms in total. The normalized spacial score (nSPS) is 17.3. The Labute approximate surface area is 271 Å². The van der Waals surface area contributed by atoms with Gasteiger partial charge in [-0.1, -0.05) is 18.2 Å². The van der Waals surface area contributed by atoms with Crippen molar-refractivity contribution >= 4 is 44.6 Å². The maximum Gasteiger partial charge on any atom is 0.347 e. The van der Waals surface area contributed by atoms with E-state index in [-0.39, 0.29) is 11.3 Å². The fourth-order valence-corrected chi connectivity index (χ4v) is 7.01. The summed E-state index contributed by atoms with van der Waals surface area (Å²) in [6.45, 7) is 10.1. The molecule has 0 amide bonds. The molecule has 0 aliphatic carbocycles. The number of hydrogen-bond donors (Lipinski definition) is 0. The number of piperidine rings is 1. The topological polar surface area (TPSA) is 120 Å². The second kappa shape index (κ2) is 14.5. The Kier molecular flexibility index (Phi) is 10.7. The minimum Gasteiger partial charge on any atom is -0.726 e. The van der Waals surface area contributed by atoms with E-state index in [1.807, 2.05) is 12.1 Å². The fourth-order valence-electron chi connectivity index (χ4n) is 7.01. The van der Waals surface area contributed by atoms with Crippen molar-refractivity contribution in [2.24, 2.45) is 0 Å². The lowest BCUT2D eigenvalue weighted by Gasteiger charge is -2.39. The average Bonchev–Trinajstić information content (AvgIpc) is 3.05. The van der Waals surface area contributed by atoms with Crippen molar-refractivity contribution in [1.29, 1.82) is 0 Å². The van der Waals surface area contributed by atoms with E-state index in [9.17, 15) is 22.6 Å². The number of benzene rings is 2. The molecule has 46 heavy (non-hydrogen) atoms. The van der Waals surface area contributed by atoms with E-state index < -0.39 is 16.0 Å². The summed E-state index contributed by atoms with van der Waals surface area (Å²) in [6, 6.07) is 12.2. The first-order valence-electron chi connectivity index (χ1n) is 16.3. The summed E-state index contributed by atoms with van der Waals surface area (Å²) in [4.78, 5) is 30.9. The van der Waals surface area contributed by atoms with Crippen LogP contribution in [0.3, 0.4) is 0 Å². The first kappa shape index (κ1) is 33.8. The van der Waals surface area contributed by atoms with Gasteiger partial charge in [0, 0.05) is 42.0 Å². The number of likely N-dealkylation sites (N-methyl/N-ethyl adjacent to an activating group) is 2. The monoisotopic (exact) mass is 651 g/mol. The van der Waals surface area contributed by atoms with E-state index >= 15 is 0 Å². The summed E-state index contributed by atoms with van der Waals surface area (Å²) < 4.78 is 38.0. The van der Waals surface area contributed by atoms with E-state index in [1.54, 1.807) is 12.1 Å². The maximum absolute atomic E-state index is 13.1. The molecule has 0 N–H and O–H groups in total. The minimum absolute atomic E-state index is 0.0995. The number of carbonyl (C=O) groups excluding carboxylic acids is 1. The van der Waals surface area contributed by atoms with Crippen LogP contribution in [0, 0.1) is 0 Å². The highest BCUT2D eigenvalue weighted by atomic mass is 32.3. The predicted octanol–water partition coefficient (Wildman–Crippen LogP) is 4.94. The molecule has 1 fully saturated rings. The van der Waals surface area contributed by atoms with Crippen LogP contribution in [0.4, 0.5) is 11.4 Å². The Morgan fingerprint density at radius 2 is 1.74 bits per heavy atom. The van der Waals surface area contributed by atoms with E-state index in [4.69, 9.17) is 4.42 Å². The molecule has 3 aromatic rings. The zero-order chi connectivity index (χ0) is 32.9. The van der Waals surface area contributed by atoms with Gasteiger partial charge < -0.3 is 23.3 Å². The number of ketones is 1. The van der Waals surface area contributed by atoms with Crippen LogP contribution in [0.5, 0.6) is 0 Å². The van der Waals surface area contributed by atoms with Crippen LogP contribution in [0.15, 0.2) is 51.7 Å². The van der Waals surface area contributed by atoms with E-state index in [0.29, 0.717) is 5.58 Å². The van der Waals surface area contributed by atoms with Gasteiger partial charge in [-0.05, 0) is 93.3 Å². The van der Waals surface area contributed by atoms with Gasteiger partial charge in [-0.15, -0.1) is 0 Å². The number of likely N-dealkylation sites (tertiary alicyclic amines) is 1. The number of aryl methyl sites for hydroxylation is 2. The van der Waals surface area contributed by atoms with Crippen LogP contribution in [-0.4, -0.2) is 83.2 Å². The predicted molar refractivity (Wildman–Crippen MR) is 180 cm³/mol. The number of fused-ring (bicyclic) bond motifs is 2. The Morgan fingerprint density at radius 3 is 2.39 bits per heavy atom. The molecule has 0 unspecified atom stereocenters. The van der Waals surface area contributed by atoms with Crippen molar-refractivity contribution in [3.8, 4) is 0 Å². The third kappa shape index (κ3) is 8.06. The minimum atomic E-state index is -4.41. The lowest BCUT2D eigenvalue weighted by Crippen LogP contribution is -2.51. The molecule has 0 bridgehead atoms. The second-order valence-corrected chi connectivity index (χ2v) is 13.9. The number of quaternary nitrogens is 1. The second-order valence-electron chi connectivity index (χ2n) is 12.7. The van der Waals surface area contributed by atoms with Crippen LogP contribution >= 0.6 is 0 Å². The fraction of sp³-hybridized carbons (Fsp3) is 0.486. The third-order valence-electron chi connectivity index (χ3n) is 9.56. The Bertz CT molecular complexity index is 1740. The zero-order valence-electron chi connectivity index (χ0n) is 27.1. The average molecular weight is 652 g/mol. The summed E-state index contributed by atoms with van der Waals surface area (Å²) in [7, 11) is -1.21. The Morgan fingerprint density at radius 1 is 1.07 bits per heavy atom. The van der Waals surface area contributed by atoms with Gasteiger partial charge in [0.05, 0.1) is 40.3 Å². The van der Waals surface area contributed by atoms with Crippen molar-refractivity contribution in [2.45, 2.75) is 51.9 Å². The standard InChI is InChI=1S/C34H42N3O3.CH4O4S/c1-3-35(19-22-37(2)20-5-4-6-21-37)28-14-11-25(12-15-28)13-16-31(38)30-24-27-23-26-9-7-17-36-18-8-10-29(32(26)36)33(27)40-34(30)39;1-5-6(2,3)4/h11-16,23-24H,3-10,17-22H2,1-2H3;1H3,(H,2,3,4)/q+1;/p-1. The van der Waals surface area contributed by atoms with Crippen molar-refractivity contribution in [3.05, 3.63) is 75.1 Å². The molecule has 1 saturated heterocycles. The van der Waals surface area contributed by atoms with Gasteiger partial charge in [0.25, 0.3) is 0 Å². The highest BCUT2D eigenvalue weighted by Gasteiger charge is 2.28. The van der Waals surface area contributed by atoms with Crippen molar-refractivity contribution in [1.82, 2.24) is 0 Å². The van der Waals surface area contributed by atoms with Gasteiger partial charge in [-0.25, -0.2) is 13.2 Å². The number of anilines is 2. The molecule has 11 heteroatoms. The number of nitrogens with zero attached hydrogens (tertiary/aromatic N) is 3. The van der Waals surface area contributed by atoms with Gasteiger partial charge in [0.15, 0.2) is 5.78 Å². The highest BCUT2D eigenvalue weighted by Crippen LogP contribution is 2.39. The van der Waals surface area contributed by atoms with Gasteiger partial charge in [-0.3, -0.25) is 8.98 Å². The van der Waals surface area contributed by atoms with Crippen LogP contribution in [-0.2, 0) is 27.4 Å². The molecule has 6 rings (SSSR count). The number of hydrogen-bond acceptors (Lipinski definition) is 9. The molecule has 248 valence electrons. The molecule has 4 heterocycles. The van der Waals surface area contributed by atoms with Gasteiger partial charge in [0.1, 0.15) is 11.1 Å². The number of rotatable bonds is 9. The molecule has 1 aromatic heterocycles. The van der Waals surface area contributed by atoms with Crippen LogP contribution < -0.4 is 15.4 Å². The summed E-state index contributed by atoms with van der Waals surface area (Å²) >= 11 is 0.